The molecule has 2 atom stereocenters. The molecule has 0 saturated carbocycles. The molecule has 3 heterocycles. The highest BCUT2D eigenvalue weighted by atomic mass is 16.5. The molecule has 2 aromatic carbocycles. The molecule has 2 fully saturated rings. The summed E-state index contributed by atoms with van der Waals surface area (Å²) in [4.78, 5) is 15.5. The predicted octanol–water partition coefficient (Wildman–Crippen LogP) is 2.84. The van der Waals surface area contributed by atoms with E-state index in [1.165, 1.54) is 0 Å². The second-order valence-electron chi connectivity index (χ2n) is 7.79. The van der Waals surface area contributed by atoms with Gasteiger partial charge in [-0.15, -0.1) is 0 Å². The van der Waals surface area contributed by atoms with Crippen LogP contribution >= 0.6 is 0 Å². The van der Waals surface area contributed by atoms with Crippen LogP contribution in [-0.2, 0) is 0 Å². The van der Waals surface area contributed by atoms with Gasteiger partial charge in [0, 0.05) is 37.9 Å². The molecule has 2 saturated heterocycles. The Balaban J connectivity index is 1.55. The molecular weight excluding hydrogens is 364 g/mol. The van der Waals surface area contributed by atoms with Gasteiger partial charge in [-0.1, -0.05) is 30.3 Å². The Kier molecular flexibility index (Phi) is 4.56. The summed E-state index contributed by atoms with van der Waals surface area (Å²) in [7, 11) is 1.64. The lowest BCUT2D eigenvalue weighted by molar-refractivity contribution is 0.0782. The minimum atomic E-state index is 0.0550. The Bertz CT molecular complexity index is 1020. The van der Waals surface area contributed by atoms with E-state index in [2.05, 4.69) is 5.32 Å². The number of hydrogen-bond donors (Lipinski definition) is 1. The minimum Gasteiger partial charge on any atom is -0.497 e. The summed E-state index contributed by atoms with van der Waals surface area (Å²) in [5.74, 6) is 1.92. The third-order valence-electron chi connectivity index (χ3n) is 5.99. The number of amides is 1. The zero-order valence-electron chi connectivity index (χ0n) is 16.4. The number of aromatic nitrogens is 2. The molecule has 0 radical (unpaired) electrons. The van der Waals surface area contributed by atoms with Crippen molar-refractivity contribution in [1.82, 2.24) is 20.0 Å². The van der Waals surface area contributed by atoms with Crippen LogP contribution in [0, 0.1) is 11.8 Å². The number of nitrogens with one attached hydrogen (secondary N) is 1. The molecule has 5 rings (SSSR count). The molecule has 0 spiro atoms. The summed E-state index contributed by atoms with van der Waals surface area (Å²) in [6.45, 7) is 3.62. The smallest absolute Gasteiger partial charge is 0.257 e. The zero-order valence-corrected chi connectivity index (χ0v) is 16.4. The summed E-state index contributed by atoms with van der Waals surface area (Å²) in [5.41, 5.74) is 3.13. The topological polar surface area (TPSA) is 59.4 Å². The van der Waals surface area contributed by atoms with Crippen molar-refractivity contribution >= 4 is 5.91 Å². The van der Waals surface area contributed by atoms with Crippen LogP contribution in [0.25, 0.3) is 16.9 Å². The second kappa shape index (κ2) is 7.37. The fraction of sp³-hybridized carbons (Fsp3) is 0.304. The molecule has 1 amide bonds. The van der Waals surface area contributed by atoms with E-state index in [1.807, 2.05) is 65.7 Å². The fourth-order valence-corrected chi connectivity index (χ4v) is 4.42. The van der Waals surface area contributed by atoms with E-state index < -0.39 is 0 Å². The van der Waals surface area contributed by atoms with Gasteiger partial charge in [0.2, 0.25) is 0 Å². The van der Waals surface area contributed by atoms with Crippen LogP contribution in [0.4, 0.5) is 0 Å². The monoisotopic (exact) mass is 388 g/mol. The van der Waals surface area contributed by atoms with E-state index in [4.69, 9.17) is 9.84 Å². The molecule has 6 heteroatoms. The van der Waals surface area contributed by atoms with E-state index in [9.17, 15) is 4.79 Å². The average Bonchev–Trinajstić information content (AvgIpc) is 3.48. The molecule has 0 aliphatic carbocycles. The summed E-state index contributed by atoms with van der Waals surface area (Å²) in [6.07, 6.45) is 1.86. The maximum atomic E-state index is 13.5. The molecule has 0 unspecified atom stereocenters. The van der Waals surface area contributed by atoms with Crippen molar-refractivity contribution in [3.63, 3.8) is 0 Å². The number of likely N-dealkylation sites (tertiary alicyclic amines) is 1. The number of para-hydroxylation sites is 1. The Morgan fingerprint density at radius 1 is 1.07 bits per heavy atom. The van der Waals surface area contributed by atoms with Gasteiger partial charge in [0.15, 0.2) is 0 Å². The highest BCUT2D eigenvalue weighted by Gasteiger charge is 2.39. The average molecular weight is 388 g/mol. The second-order valence-corrected chi connectivity index (χ2v) is 7.79. The van der Waals surface area contributed by atoms with Gasteiger partial charge in [-0.3, -0.25) is 4.79 Å². The van der Waals surface area contributed by atoms with E-state index in [0.29, 0.717) is 23.1 Å². The first kappa shape index (κ1) is 17.9. The lowest BCUT2D eigenvalue weighted by atomic mass is 10.0. The number of fused-ring (bicyclic) bond motifs is 1. The van der Waals surface area contributed by atoms with E-state index in [-0.39, 0.29) is 5.91 Å². The number of benzene rings is 2. The van der Waals surface area contributed by atoms with E-state index in [1.54, 1.807) is 11.8 Å². The van der Waals surface area contributed by atoms with Crippen molar-refractivity contribution in [3.8, 4) is 22.7 Å². The summed E-state index contributed by atoms with van der Waals surface area (Å²) < 4.78 is 7.17. The van der Waals surface area contributed by atoms with E-state index in [0.717, 1.165) is 43.2 Å². The molecule has 148 valence electrons. The van der Waals surface area contributed by atoms with Gasteiger partial charge in [0.25, 0.3) is 5.91 Å². The number of carbonyl (C=O) groups is 1. The Morgan fingerprint density at radius 3 is 2.55 bits per heavy atom. The molecule has 29 heavy (non-hydrogen) atoms. The molecule has 1 N–H and O–H groups in total. The molecule has 3 aromatic rings. The van der Waals surface area contributed by atoms with Crippen LogP contribution in [0.2, 0.25) is 0 Å². The Hall–Kier alpha value is -3.12. The number of rotatable bonds is 4. The normalized spacial score (nSPS) is 20.7. The molecule has 0 bridgehead atoms. The first-order valence-electron chi connectivity index (χ1n) is 10.0. The third-order valence-corrected chi connectivity index (χ3v) is 5.99. The lowest BCUT2D eigenvalue weighted by Gasteiger charge is -2.17. The van der Waals surface area contributed by atoms with Gasteiger partial charge in [-0.25, -0.2) is 4.68 Å². The van der Waals surface area contributed by atoms with Crippen LogP contribution < -0.4 is 10.1 Å². The van der Waals surface area contributed by atoms with Crippen molar-refractivity contribution in [2.75, 3.05) is 33.3 Å². The number of carbonyl (C=O) groups excluding carboxylic acids is 1. The first-order chi connectivity index (χ1) is 14.2. The molecule has 2 aliphatic heterocycles. The largest absolute Gasteiger partial charge is 0.497 e. The van der Waals surface area contributed by atoms with Crippen molar-refractivity contribution in [3.05, 3.63) is 66.4 Å². The molecule has 2 aliphatic rings. The minimum absolute atomic E-state index is 0.0550. The fourth-order valence-electron chi connectivity index (χ4n) is 4.42. The van der Waals surface area contributed by atoms with Gasteiger partial charge in [0.05, 0.1) is 18.4 Å². The van der Waals surface area contributed by atoms with Gasteiger partial charge in [0.1, 0.15) is 11.4 Å². The van der Waals surface area contributed by atoms with Crippen molar-refractivity contribution in [2.24, 2.45) is 11.8 Å². The molecule has 6 nitrogen and oxygen atoms in total. The van der Waals surface area contributed by atoms with Crippen molar-refractivity contribution < 1.29 is 9.53 Å². The standard InChI is InChI=1S/C23H24N4O2/c1-29-20-9-5-6-16(10-20)22-21(15-27(25-22)19-7-3-2-4-8-19)23(28)26-13-17-11-24-12-18(17)14-26/h2-10,15,17-18,24H,11-14H2,1H3/t17-,18+. The number of nitrogens with zero attached hydrogens (tertiary/aromatic N) is 3. The molecular formula is C23H24N4O2. The number of methoxy groups -OCH3 is 1. The highest BCUT2D eigenvalue weighted by Crippen LogP contribution is 2.31. The van der Waals surface area contributed by atoms with E-state index >= 15 is 0 Å². The van der Waals surface area contributed by atoms with Crippen molar-refractivity contribution in [1.29, 1.82) is 0 Å². The van der Waals surface area contributed by atoms with Crippen LogP contribution in [-0.4, -0.2) is 53.9 Å². The SMILES string of the molecule is COc1cccc(-c2nn(-c3ccccc3)cc2C(=O)N2C[C@H]3CNC[C@H]3C2)c1. The maximum Gasteiger partial charge on any atom is 0.257 e. The van der Waals surface area contributed by atoms with Gasteiger partial charge in [-0.2, -0.15) is 5.10 Å². The van der Waals surface area contributed by atoms with Gasteiger partial charge in [-0.05, 0) is 36.1 Å². The quantitative estimate of drug-likeness (QED) is 0.747. The molecule has 1 aromatic heterocycles. The van der Waals surface area contributed by atoms with Gasteiger partial charge < -0.3 is 15.0 Å². The van der Waals surface area contributed by atoms with Crippen LogP contribution in [0.1, 0.15) is 10.4 Å². The Morgan fingerprint density at radius 2 is 1.83 bits per heavy atom. The Labute approximate surface area is 170 Å². The number of ether oxygens (including phenoxy) is 1. The first-order valence-corrected chi connectivity index (χ1v) is 10.0. The third kappa shape index (κ3) is 3.29. The lowest BCUT2D eigenvalue weighted by Crippen LogP contribution is -2.32. The highest BCUT2D eigenvalue weighted by molar-refractivity contribution is 6.00. The predicted molar refractivity (Wildman–Crippen MR) is 111 cm³/mol. The zero-order chi connectivity index (χ0) is 19.8. The summed E-state index contributed by atoms with van der Waals surface area (Å²) in [5, 5.41) is 8.22. The van der Waals surface area contributed by atoms with Crippen LogP contribution in [0.3, 0.4) is 0 Å². The van der Waals surface area contributed by atoms with Crippen LogP contribution in [0.5, 0.6) is 5.75 Å². The van der Waals surface area contributed by atoms with Crippen LogP contribution in [0.15, 0.2) is 60.8 Å². The maximum absolute atomic E-state index is 13.5. The van der Waals surface area contributed by atoms with Crippen molar-refractivity contribution in [2.45, 2.75) is 0 Å². The summed E-state index contributed by atoms with van der Waals surface area (Å²) >= 11 is 0. The number of hydrogen-bond acceptors (Lipinski definition) is 4. The summed E-state index contributed by atoms with van der Waals surface area (Å²) in [6, 6.07) is 17.6. The van der Waals surface area contributed by atoms with Gasteiger partial charge >= 0.3 is 0 Å².